The van der Waals surface area contributed by atoms with E-state index in [2.05, 4.69) is 27.9 Å². The second-order valence-electron chi connectivity index (χ2n) is 4.75. The molecular weight excluding hydrogens is 293 g/mol. The van der Waals surface area contributed by atoms with Crippen molar-refractivity contribution in [3.63, 3.8) is 0 Å². The molecule has 1 saturated carbocycles. The standard InChI is InChI=1S/C10H18INO2/c1-10(2,3)14-9(13)12-8-5-4-7(11)6-8/h7-8H,4-6H2,1-3H3,(H,12,13). The number of hydrogen-bond donors (Lipinski definition) is 1. The zero-order valence-corrected chi connectivity index (χ0v) is 11.1. The van der Waals surface area contributed by atoms with Gasteiger partial charge in [-0.1, -0.05) is 22.6 Å². The molecule has 0 aromatic heterocycles. The Bertz CT molecular complexity index is 213. The van der Waals surface area contributed by atoms with E-state index in [1.807, 2.05) is 20.8 Å². The molecule has 2 atom stereocenters. The molecule has 0 spiro atoms. The molecule has 1 aliphatic carbocycles. The van der Waals surface area contributed by atoms with Crippen molar-refractivity contribution in [3.05, 3.63) is 0 Å². The van der Waals surface area contributed by atoms with Crippen molar-refractivity contribution in [2.75, 3.05) is 0 Å². The summed E-state index contributed by atoms with van der Waals surface area (Å²) < 4.78 is 5.88. The number of ether oxygens (including phenoxy) is 1. The summed E-state index contributed by atoms with van der Waals surface area (Å²) in [7, 11) is 0. The fraction of sp³-hybridized carbons (Fsp3) is 0.900. The second-order valence-corrected chi connectivity index (χ2v) is 6.52. The molecule has 1 fully saturated rings. The Hall–Kier alpha value is 0. The minimum absolute atomic E-state index is 0.284. The van der Waals surface area contributed by atoms with Crippen LogP contribution in [-0.4, -0.2) is 21.7 Å². The Kier molecular flexibility index (Phi) is 4.04. The third-order valence-electron chi connectivity index (χ3n) is 2.09. The number of amides is 1. The Labute approximate surface area is 99.1 Å². The number of nitrogens with one attached hydrogen (secondary N) is 1. The molecule has 0 radical (unpaired) electrons. The van der Waals surface area contributed by atoms with Gasteiger partial charge in [-0.3, -0.25) is 0 Å². The Morgan fingerprint density at radius 2 is 2.07 bits per heavy atom. The van der Waals surface area contributed by atoms with E-state index in [0.717, 1.165) is 12.8 Å². The minimum atomic E-state index is -0.396. The highest BCUT2D eigenvalue weighted by molar-refractivity contribution is 14.1. The van der Waals surface area contributed by atoms with Gasteiger partial charge in [0.1, 0.15) is 5.60 Å². The molecule has 14 heavy (non-hydrogen) atoms. The van der Waals surface area contributed by atoms with Crippen LogP contribution in [-0.2, 0) is 4.74 Å². The maximum absolute atomic E-state index is 11.4. The first-order chi connectivity index (χ1) is 6.37. The summed E-state index contributed by atoms with van der Waals surface area (Å²) in [4.78, 5) is 11.4. The number of alkyl halides is 1. The summed E-state index contributed by atoms with van der Waals surface area (Å²) in [6.45, 7) is 5.63. The van der Waals surface area contributed by atoms with E-state index in [0.29, 0.717) is 9.97 Å². The lowest BCUT2D eigenvalue weighted by molar-refractivity contribution is 0.0506. The van der Waals surface area contributed by atoms with Crippen LogP contribution in [0.1, 0.15) is 40.0 Å². The highest BCUT2D eigenvalue weighted by Gasteiger charge is 2.25. The molecule has 1 aliphatic rings. The van der Waals surface area contributed by atoms with Gasteiger partial charge in [-0.25, -0.2) is 4.79 Å². The molecule has 0 aromatic rings. The van der Waals surface area contributed by atoms with Gasteiger partial charge in [0, 0.05) is 9.97 Å². The average molecular weight is 311 g/mol. The maximum Gasteiger partial charge on any atom is 0.407 e. The molecule has 0 saturated heterocycles. The van der Waals surface area contributed by atoms with E-state index in [-0.39, 0.29) is 6.09 Å². The number of rotatable bonds is 1. The van der Waals surface area contributed by atoms with Gasteiger partial charge in [-0.15, -0.1) is 0 Å². The normalized spacial score (nSPS) is 27.4. The Morgan fingerprint density at radius 3 is 2.50 bits per heavy atom. The van der Waals surface area contributed by atoms with Crippen molar-refractivity contribution >= 4 is 28.7 Å². The van der Waals surface area contributed by atoms with E-state index in [4.69, 9.17) is 4.74 Å². The van der Waals surface area contributed by atoms with E-state index < -0.39 is 5.60 Å². The van der Waals surface area contributed by atoms with Crippen LogP contribution < -0.4 is 5.32 Å². The van der Waals surface area contributed by atoms with Crippen molar-refractivity contribution in [2.24, 2.45) is 0 Å². The topological polar surface area (TPSA) is 38.3 Å². The zero-order chi connectivity index (χ0) is 10.8. The highest BCUT2D eigenvalue weighted by atomic mass is 127. The van der Waals surface area contributed by atoms with E-state index in [1.165, 1.54) is 6.42 Å². The Balaban J connectivity index is 2.27. The van der Waals surface area contributed by atoms with Gasteiger partial charge in [0.2, 0.25) is 0 Å². The largest absolute Gasteiger partial charge is 0.444 e. The van der Waals surface area contributed by atoms with Gasteiger partial charge in [0.25, 0.3) is 0 Å². The van der Waals surface area contributed by atoms with Crippen LogP contribution in [0.25, 0.3) is 0 Å². The summed E-state index contributed by atoms with van der Waals surface area (Å²) in [6.07, 6.45) is 3.06. The van der Waals surface area contributed by atoms with Crippen molar-refractivity contribution in [1.29, 1.82) is 0 Å². The van der Waals surface area contributed by atoms with Crippen LogP contribution >= 0.6 is 22.6 Å². The molecule has 1 rings (SSSR count). The van der Waals surface area contributed by atoms with Gasteiger partial charge >= 0.3 is 6.09 Å². The lowest BCUT2D eigenvalue weighted by Crippen LogP contribution is -2.37. The van der Waals surface area contributed by atoms with Crippen LogP contribution in [0.4, 0.5) is 4.79 Å². The molecule has 0 heterocycles. The smallest absolute Gasteiger partial charge is 0.407 e. The number of halogens is 1. The fourth-order valence-corrected chi connectivity index (χ4v) is 2.51. The third-order valence-corrected chi connectivity index (χ3v) is 3.22. The number of hydrogen-bond acceptors (Lipinski definition) is 2. The predicted molar refractivity (Wildman–Crippen MR) is 64.8 cm³/mol. The highest BCUT2D eigenvalue weighted by Crippen LogP contribution is 2.25. The van der Waals surface area contributed by atoms with Gasteiger partial charge in [-0.2, -0.15) is 0 Å². The SMILES string of the molecule is CC(C)(C)OC(=O)NC1CCC(I)C1. The van der Waals surface area contributed by atoms with Crippen LogP contribution in [0.5, 0.6) is 0 Å². The first kappa shape index (κ1) is 12.1. The Morgan fingerprint density at radius 1 is 1.43 bits per heavy atom. The monoisotopic (exact) mass is 311 g/mol. The molecule has 4 heteroatoms. The predicted octanol–water partition coefficient (Wildman–Crippen LogP) is 2.87. The summed E-state index contributed by atoms with van der Waals surface area (Å²) in [5, 5.41) is 2.90. The second kappa shape index (κ2) is 4.68. The minimum Gasteiger partial charge on any atom is -0.444 e. The number of alkyl carbamates (subject to hydrolysis) is 1. The quantitative estimate of drug-likeness (QED) is 0.597. The van der Waals surface area contributed by atoms with E-state index in [9.17, 15) is 4.79 Å². The molecule has 0 bridgehead atoms. The van der Waals surface area contributed by atoms with Gasteiger partial charge in [-0.05, 0) is 40.0 Å². The first-order valence-electron chi connectivity index (χ1n) is 5.00. The van der Waals surface area contributed by atoms with Crippen LogP contribution in [0.15, 0.2) is 0 Å². The lowest BCUT2D eigenvalue weighted by atomic mass is 10.2. The third kappa shape index (κ3) is 4.48. The molecule has 1 N–H and O–H groups in total. The molecule has 1 amide bonds. The summed E-state index contributed by atoms with van der Waals surface area (Å²) >= 11 is 2.43. The summed E-state index contributed by atoms with van der Waals surface area (Å²) in [5.74, 6) is 0. The average Bonchev–Trinajstić information content (AvgIpc) is 2.30. The van der Waals surface area contributed by atoms with Crippen LogP contribution in [0.3, 0.4) is 0 Å². The zero-order valence-electron chi connectivity index (χ0n) is 8.97. The van der Waals surface area contributed by atoms with Gasteiger partial charge in [0.15, 0.2) is 0 Å². The fourth-order valence-electron chi connectivity index (χ4n) is 1.53. The van der Waals surface area contributed by atoms with E-state index in [1.54, 1.807) is 0 Å². The van der Waals surface area contributed by atoms with Crippen molar-refractivity contribution in [2.45, 2.75) is 55.6 Å². The molecule has 82 valence electrons. The number of carbonyl (C=O) groups is 1. The van der Waals surface area contributed by atoms with Crippen molar-refractivity contribution < 1.29 is 9.53 Å². The van der Waals surface area contributed by atoms with Gasteiger partial charge in [0.05, 0.1) is 0 Å². The summed E-state index contributed by atoms with van der Waals surface area (Å²) in [6, 6.07) is 0.312. The van der Waals surface area contributed by atoms with E-state index >= 15 is 0 Å². The van der Waals surface area contributed by atoms with Crippen LogP contribution in [0, 0.1) is 0 Å². The lowest BCUT2D eigenvalue weighted by Gasteiger charge is -2.21. The molecular formula is C10H18INO2. The van der Waals surface area contributed by atoms with Crippen molar-refractivity contribution in [1.82, 2.24) is 5.32 Å². The molecule has 0 aromatic carbocycles. The molecule has 3 nitrogen and oxygen atoms in total. The molecule has 0 aliphatic heterocycles. The molecule has 2 unspecified atom stereocenters. The first-order valence-corrected chi connectivity index (χ1v) is 6.25. The van der Waals surface area contributed by atoms with Crippen molar-refractivity contribution in [3.8, 4) is 0 Å². The summed E-state index contributed by atoms with van der Waals surface area (Å²) in [5.41, 5.74) is -0.396. The van der Waals surface area contributed by atoms with Crippen LogP contribution in [0.2, 0.25) is 0 Å². The van der Waals surface area contributed by atoms with Gasteiger partial charge < -0.3 is 10.1 Å². The maximum atomic E-state index is 11.4. The number of carbonyl (C=O) groups excluding carboxylic acids is 1.